The van der Waals surface area contributed by atoms with E-state index in [-0.39, 0.29) is 12.1 Å². The molecule has 0 radical (unpaired) electrons. The fourth-order valence-electron chi connectivity index (χ4n) is 2.24. The van der Waals surface area contributed by atoms with Crippen LogP contribution in [0.5, 0.6) is 0 Å². The van der Waals surface area contributed by atoms with Gasteiger partial charge in [-0.05, 0) is 30.5 Å². The fraction of sp³-hybridized carbons (Fsp3) is 0.333. The van der Waals surface area contributed by atoms with Crippen LogP contribution in [0.1, 0.15) is 22.3 Å². The van der Waals surface area contributed by atoms with Crippen LogP contribution in [0.4, 0.5) is 5.69 Å². The number of nitriles is 1. The Labute approximate surface area is 110 Å². The number of hydrogen-bond acceptors (Lipinski definition) is 4. The average Bonchev–Trinajstić information content (AvgIpc) is 2.37. The molecule has 1 heterocycles. The smallest absolute Gasteiger partial charge is 0.336 e. The van der Waals surface area contributed by atoms with Gasteiger partial charge in [-0.15, -0.1) is 0 Å². The molecule has 19 heavy (non-hydrogen) atoms. The van der Waals surface area contributed by atoms with Crippen molar-refractivity contribution in [1.29, 1.82) is 5.26 Å². The number of fused-ring (bicyclic) bond motifs is 1. The van der Waals surface area contributed by atoms with Gasteiger partial charge in [0.1, 0.15) is 0 Å². The van der Waals surface area contributed by atoms with Gasteiger partial charge in [0.25, 0.3) is 0 Å². The minimum absolute atomic E-state index is 0.120. The number of sulfonamides is 1. The molecule has 2 rings (SSSR count). The molecule has 100 valence electrons. The van der Waals surface area contributed by atoms with Crippen molar-refractivity contribution in [3.05, 3.63) is 29.3 Å². The molecule has 0 saturated heterocycles. The first-order valence-corrected chi connectivity index (χ1v) is 7.31. The molecule has 7 heteroatoms. The van der Waals surface area contributed by atoms with Crippen molar-refractivity contribution in [2.75, 3.05) is 16.6 Å². The number of carboxylic acids is 1. The summed E-state index contributed by atoms with van der Waals surface area (Å²) in [6.45, 7) is 0.278. The lowest BCUT2D eigenvalue weighted by molar-refractivity contribution is 0.0695. The van der Waals surface area contributed by atoms with Crippen molar-refractivity contribution in [2.45, 2.75) is 12.8 Å². The summed E-state index contributed by atoms with van der Waals surface area (Å²) in [5.74, 6) is -1.68. The molecule has 1 aromatic rings. The maximum atomic E-state index is 12.0. The van der Waals surface area contributed by atoms with E-state index < -0.39 is 21.7 Å². The highest BCUT2D eigenvalue weighted by molar-refractivity contribution is 7.93. The minimum Gasteiger partial charge on any atom is -0.478 e. The Bertz CT molecular complexity index is 661. The van der Waals surface area contributed by atoms with Gasteiger partial charge in [-0.3, -0.25) is 4.31 Å². The van der Waals surface area contributed by atoms with Gasteiger partial charge in [-0.25, -0.2) is 13.2 Å². The van der Waals surface area contributed by atoms with Gasteiger partial charge in [0, 0.05) is 6.54 Å². The summed E-state index contributed by atoms with van der Waals surface area (Å²) in [5, 5.41) is 17.7. The van der Waals surface area contributed by atoms with E-state index in [4.69, 9.17) is 10.4 Å². The summed E-state index contributed by atoms with van der Waals surface area (Å²) in [7, 11) is -3.71. The molecule has 0 aromatic heterocycles. The van der Waals surface area contributed by atoms with Crippen LogP contribution in [0, 0.1) is 11.3 Å². The largest absolute Gasteiger partial charge is 0.478 e. The molecule has 0 fully saturated rings. The van der Waals surface area contributed by atoms with E-state index in [2.05, 4.69) is 0 Å². The van der Waals surface area contributed by atoms with Crippen LogP contribution in [0.2, 0.25) is 0 Å². The third kappa shape index (κ3) is 2.39. The summed E-state index contributed by atoms with van der Waals surface area (Å²) in [5.41, 5.74) is 1.01. The Kier molecular flexibility index (Phi) is 3.44. The zero-order valence-corrected chi connectivity index (χ0v) is 10.9. The number of aromatic carboxylic acids is 1. The number of nitrogens with zero attached hydrogens (tertiary/aromatic N) is 2. The van der Waals surface area contributed by atoms with Crippen molar-refractivity contribution in [3.8, 4) is 6.07 Å². The van der Waals surface area contributed by atoms with Gasteiger partial charge >= 0.3 is 5.97 Å². The zero-order chi connectivity index (χ0) is 14.0. The van der Waals surface area contributed by atoms with Crippen molar-refractivity contribution >= 4 is 21.7 Å². The standard InChI is InChI=1S/C12H12N2O4S/c13-6-8-19(17,18)14-7-2-4-9-10(12(15)16)3-1-5-11(9)14/h1,3,5H,2,4,7-8H2,(H,15,16). The van der Waals surface area contributed by atoms with Crippen LogP contribution in [-0.2, 0) is 16.4 Å². The number of benzene rings is 1. The molecule has 0 aliphatic carbocycles. The molecule has 0 unspecified atom stereocenters. The van der Waals surface area contributed by atoms with Crippen molar-refractivity contribution < 1.29 is 18.3 Å². The molecule has 0 amide bonds. The number of carboxylic acid groups (broad SMARTS) is 1. The van der Waals surface area contributed by atoms with Crippen molar-refractivity contribution in [3.63, 3.8) is 0 Å². The summed E-state index contributed by atoms with van der Waals surface area (Å²) < 4.78 is 25.1. The Hall–Kier alpha value is -2.07. The first-order valence-electron chi connectivity index (χ1n) is 5.70. The summed E-state index contributed by atoms with van der Waals surface area (Å²) in [6.07, 6.45) is 1.07. The fourth-order valence-corrected chi connectivity index (χ4v) is 3.44. The van der Waals surface area contributed by atoms with E-state index in [9.17, 15) is 13.2 Å². The molecule has 0 saturated carbocycles. The highest BCUT2D eigenvalue weighted by Gasteiger charge is 2.29. The lowest BCUT2D eigenvalue weighted by Crippen LogP contribution is -2.37. The van der Waals surface area contributed by atoms with Crippen LogP contribution < -0.4 is 4.31 Å². The number of hydrogen-bond donors (Lipinski definition) is 1. The number of anilines is 1. The molecular weight excluding hydrogens is 268 g/mol. The Morgan fingerprint density at radius 1 is 1.47 bits per heavy atom. The quantitative estimate of drug-likeness (QED) is 0.890. The molecule has 6 nitrogen and oxygen atoms in total. The van der Waals surface area contributed by atoms with Gasteiger partial charge in [0.05, 0.1) is 17.3 Å². The predicted molar refractivity (Wildman–Crippen MR) is 68.5 cm³/mol. The van der Waals surface area contributed by atoms with Crippen molar-refractivity contribution in [2.24, 2.45) is 0 Å². The lowest BCUT2D eigenvalue weighted by Gasteiger charge is -2.30. The van der Waals surface area contributed by atoms with E-state index in [0.29, 0.717) is 24.1 Å². The van der Waals surface area contributed by atoms with Crippen molar-refractivity contribution in [1.82, 2.24) is 0 Å². The molecular formula is C12H12N2O4S. The Balaban J connectivity index is 2.56. The molecule has 1 aliphatic heterocycles. The second-order valence-electron chi connectivity index (χ2n) is 4.20. The molecule has 0 spiro atoms. The molecule has 1 aromatic carbocycles. The minimum atomic E-state index is -3.71. The van der Waals surface area contributed by atoms with Gasteiger partial charge in [-0.2, -0.15) is 5.26 Å². The molecule has 1 N–H and O–H groups in total. The number of carbonyl (C=O) groups is 1. The van der Waals surface area contributed by atoms with Gasteiger partial charge < -0.3 is 5.11 Å². The molecule has 0 atom stereocenters. The Morgan fingerprint density at radius 2 is 2.21 bits per heavy atom. The lowest BCUT2D eigenvalue weighted by atomic mass is 9.98. The van der Waals surface area contributed by atoms with E-state index >= 15 is 0 Å². The topological polar surface area (TPSA) is 98.5 Å². The highest BCUT2D eigenvalue weighted by atomic mass is 32.2. The summed E-state index contributed by atoms with van der Waals surface area (Å²) in [4.78, 5) is 11.1. The van der Waals surface area contributed by atoms with Crippen LogP contribution >= 0.6 is 0 Å². The normalized spacial score (nSPS) is 14.6. The first-order chi connectivity index (χ1) is 8.97. The zero-order valence-electron chi connectivity index (χ0n) is 10.0. The monoisotopic (exact) mass is 280 g/mol. The SMILES string of the molecule is N#CCS(=O)(=O)N1CCCc2c(C(=O)O)cccc21. The Morgan fingerprint density at radius 3 is 2.84 bits per heavy atom. The maximum Gasteiger partial charge on any atom is 0.336 e. The third-order valence-electron chi connectivity index (χ3n) is 3.02. The van der Waals surface area contributed by atoms with Crippen LogP contribution in [0.25, 0.3) is 0 Å². The summed E-state index contributed by atoms with van der Waals surface area (Å²) >= 11 is 0. The van der Waals surface area contributed by atoms with Gasteiger partial charge in [0.15, 0.2) is 5.75 Å². The third-order valence-corrected chi connectivity index (χ3v) is 4.57. The van der Waals surface area contributed by atoms with Crippen LogP contribution in [-0.4, -0.2) is 31.8 Å². The van der Waals surface area contributed by atoms with Crippen LogP contribution in [0.3, 0.4) is 0 Å². The van der Waals surface area contributed by atoms with E-state index in [1.807, 2.05) is 0 Å². The van der Waals surface area contributed by atoms with Gasteiger partial charge in [0.2, 0.25) is 10.0 Å². The molecule has 1 aliphatic rings. The highest BCUT2D eigenvalue weighted by Crippen LogP contribution is 2.31. The van der Waals surface area contributed by atoms with Crippen LogP contribution in [0.15, 0.2) is 18.2 Å². The molecule has 0 bridgehead atoms. The maximum absolute atomic E-state index is 12.0. The van der Waals surface area contributed by atoms with Gasteiger partial charge in [-0.1, -0.05) is 6.07 Å². The number of rotatable bonds is 3. The predicted octanol–water partition coefficient (Wildman–Crippen LogP) is 0.991. The second-order valence-corrected chi connectivity index (χ2v) is 6.09. The second kappa shape index (κ2) is 4.90. The van der Waals surface area contributed by atoms with E-state index in [1.54, 1.807) is 12.1 Å². The first kappa shape index (κ1) is 13.4. The summed E-state index contributed by atoms with van der Waals surface area (Å²) in [6, 6.07) is 6.18. The average molecular weight is 280 g/mol. The van der Waals surface area contributed by atoms with E-state index in [1.165, 1.54) is 12.1 Å². The van der Waals surface area contributed by atoms with E-state index in [0.717, 1.165) is 4.31 Å².